The molecular weight excluding hydrogens is 412 g/mol. The summed E-state index contributed by atoms with van der Waals surface area (Å²) in [5.41, 5.74) is 4.71. The second kappa shape index (κ2) is 10.8. The first kappa shape index (κ1) is 23.5. The fourth-order valence-electron chi connectivity index (χ4n) is 2.88. The van der Waals surface area contributed by atoms with E-state index in [2.05, 4.69) is 4.98 Å². The average molecular weight is 439 g/mol. The van der Waals surface area contributed by atoms with E-state index in [0.717, 1.165) is 6.42 Å². The van der Waals surface area contributed by atoms with Gasteiger partial charge in [0, 0.05) is 25.2 Å². The minimum absolute atomic E-state index is 0.0584. The Hall–Kier alpha value is -2.78. The third-order valence-corrected chi connectivity index (χ3v) is 4.73. The molecule has 10 heteroatoms. The molecule has 30 heavy (non-hydrogen) atoms. The van der Waals surface area contributed by atoms with E-state index in [9.17, 15) is 14.4 Å². The van der Waals surface area contributed by atoms with Gasteiger partial charge in [-0.05, 0) is 37.6 Å². The minimum atomic E-state index is -0.933. The van der Waals surface area contributed by atoms with Crippen LogP contribution in [0.1, 0.15) is 26.7 Å². The van der Waals surface area contributed by atoms with Gasteiger partial charge in [0.2, 0.25) is 0 Å². The number of nitrogens with two attached hydrogens (primary N) is 1. The topological polar surface area (TPSA) is 120 Å². The van der Waals surface area contributed by atoms with Crippen molar-refractivity contribution in [2.24, 2.45) is 0 Å². The van der Waals surface area contributed by atoms with Gasteiger partial charge in [-0.1, -0.05) is 24.9 Å². The van der Waals surface area contributed by atoms with Gasteiger partial charge in [-0.25, -0.2) is 4.79 Å². The van der Waals surface area contributed by atoms with Crippen LogP contribution in [0.3, 0.4) is 0 Å². The highest BCUT2D eigenvalue weighted by Crippen LogP contribution is 2.21. The second-order valence-electron chi connectivity index (χ2n) is 6.69. The van der Waals surface area contributed by atoms with Crippen LogP contribution in [-0.4, -0.2) is 41.8 Å². The van der Waals surface area contributed by atoms with E-state index >= 15 is 0 Å². The zero-order valence-corrected chi connectivity index (χ0v) is 18.1. The van der Waals surface area contributed by atoms with Crippen LogP contribution in [0, 0.1) is 0 Å². The number of methoxy groups -OCH3 is 1. The first-order chi connectivity index (χ1) is 14.3. The van der Waals surface area contributed by atoms with Gasteiger partial charge < -0.3 is 15.2 Å². The summed E-state index contributed by atoms with van der Waals surface area (Å²) in [6.07, 6.45) is 0.592. The number of nitrogens with zero attached hydrogens (tertiary/aromatic N) is 2. The van der Waals surface area contributed by atoms with E-state index in [1.807, 2.05) is 6.92 Å². The number of aromatic amines is 1. The number of nitrogen functional groups attached to an aromatic ring is 1. The number of carbonyl (C=O) groups excluding carboxylic acids is 1. The van der Waals surface area contributed by atoms with Crippen molar-refractivity contribution in [3.63, 3.8) is 0 Å². The molecule has 1 atom stereocenters. The summed E-state index contributed by atoms with van der Waals surface area (Å²) < 4.78 is 12.0. The fraction of sp³-hybridized carbons (Fsp3) is 0.450. The maximum Gasteiger partial charge on any atom is 0.330 e. The van der Waals surface area contributed by atoms with Gasteiger partial charge in [0.25, 0.3) is 11.5 Å². The van der Waals surface area contributed by atoms with Crippen molar-refractivity contribution in [3.05, 3.63) is 50.1 Å². The number of hydrogen-bond acceptors (Lipinski definition) is 6. The monoisotopic (exact) mass is 438 g/mol. The van der Waals surface area contributed by atoms with Crippen LogP contribution < -0.4 is 26.6 Å². The molecule has 0 saturated heterocycles. The van der Waals surface area contributed by atoms with Gasteiger partial charge in [-0.3, -0.25) is 24.0 Å². The van der Waals surface area contributed by atoms with E-state index in [0.29, 0.717) is 23.7 Å². The first-order valence-corrected chi connectivity index (χ1v) is 10.0. The van der Waals surface area contributed by atoms with E-state index in [1.165, 1.54) is 16.6 Å². The summed E-state index contributed by atoms with van der Waals surface area (Å²) >= 11 is 5.87. The lowest BCUT2D eigenvalue weighted by atomic mass is 10.2. The molecule has 1 heterocycles. The summed E-state index contributed by atoms with van der Waals surface area (Å²) in [5, 5.41) is 0.539. The van der Waals surface area contributed by atoms with Crippen LogP contribution in [0.25, 0.3) is 0 Å². The maximum absolute atomic E-state index is 13.2. The van der Waals surface area contributed by atoms with Crippen molar-refractivity contribution in [3.8, 4) is 5.75 Å². The van der Waals surface area contributed by atoms with Crippen LogP contribution in [0.15, 0.2) is 33.9 Å². The number of anilines is 2. The first-order valence-electron chi connectivity index (χ1n) is 9.65. The predicted molar refractivity (Wildman–Crippen MR) is 116 cm³/mol. The number of ether oxygens (including phenoxy) is 2. The number of rotatable bonds is 10. The molecule has 1 aromatic carbocycles. The van der Waals surface area contributed by atoms with Crippen LogP contribution in [0.5, 0.6) is 5.75 Å². The number of amides is 1. The Bertz CT molecular complexity index is 971. The Morgan fingerprint density at radius 2 is 1.97 bits per heavy atom. The Morgan fingerprint density at radius 1 is 1.30 bits per heavy atom. The Balaban J connectivity index is 2.41. The molecule has 1 aromatic heterocycles. The fourth-order valence-corrected chi connectivity index (χ4v) is 3.00. The highest BCUT2D eigenvalue weighted by atomic mass is 35.5. The van der Waals surface area contributed by atoms with Gasteiger partial charge in [-0.2, -0.15) is 0 Å². The van der Waals surface area contributed by atoms with Gasteiger partial charge >= 0.3 is 5.69 Å². The number of halogens is 1. The molecular formula is C20H27ClN4O5. The van der Waals surface area contributed by atoms with Crippen molar-refractivity contribution in [2.45, 2.75) is 39.3 Å². The summed E-state index contributed by atoms with van der Waals surface area (Å²) in [6, 6.07) is 6.56. The quantitative estimate of drug-likeness (QED) is 0.585. The summed E-state index contributed by atoms with van der Waals surface area (Å²) in [7, 11) is 1.48. The highest BCUT2D eigenvalue weighted by Gasteiger charge is 2.28. The number of nitrogens with one attached hydrogen (secondary N) is 1. The molecule has 0 unspecified atom stereocenters. The number of carbonyl (C=O) groups is 1. The van der Waals surface area contributed by atoms with Crippen LogP contribution in [0.4, 0.5) is 11.5 Å². The number of aromatic nitrogens is 2. The zero-order chi connectivity index (χ0) is 22.3. The number of unbranched alkanes of at least 4 members (excludes halogenated alkanes) is 1. The summed E-state index contributed by atoms with van der Waals surface area (Å²) in [5.74, 6) is -0.123. The van der Waals surface area contributed by atoms with Crippen molar-refractivity contribution < 1.29 is 14.3 Å². The Kier molecular flexibility index (Phi) is 8.49. The molecule has 0 spiro atoms. The van der Waals surface area contributed by atoms with Gasteiger partial charge in [0.1, 0.15) is 11.6 Å². The third-order valence-electron chi connectivity index (χ3n) is 4.48. The molecule has 0 aliphatic heterocycles. The summed E-state index contributed by atoms with van der Waals surface area (Å²) in [4.78, 5) is 41.4. The third kappa shape index (κ3) is 5.64. The molecule has 0 aliphatic carbocycles. The van der Waals surface area contributed by atoms with Crippen LogP contribution in [0.2, 0.25) is 5.02 Å². The van der Waals surface area contributed by atoms with Crippen LogP contribution in [-0.2, 0) is 16.1 Å². The predicted octanol–water partition coefficient (Wildman–Crippen LogP) is 2.02. The zero-order valence-electron chi connectivity index (χ0n) is 17.3. The van der Waals surface area contributed by atoms with Crippen LogP contribution >= 0.6 is 11.6 Å². The lowest BCUT2D eigenvalue weighted by molar-refractivity contribution is -0.124. The molecule has 164 valence electrons. The second-order valence-corrected chi connectivity index (χ2v) is 7.13. The van der Waals surface area contributed by atoms with E-state index < -0.39 is 23.3 Å². The molecule has 0 saturated carbocycles. The highest BCUT2D eigenvalue weighted by molar-refractivity contribution is 6.30. The summed E-state index contributed by atoms with van der Waals surface area (Å²) in [6.45, 7) is 4.08. The Morgan fingerprint density at radius 3 is 2.57 bits per heavy atom. The van der Waals surface area contributed by atoms with Gasteiger partial charge in [0.15, 0.2) is 11.8 Å². The van der Waals surface area contributed by atoms with Crippen molar-refractivity contribution in [1.82, 2.24) is 9.55 Å². The maximum atomic E-state index is 13.2. The smallest absolute Gasteiger partial charge is 0.330 e. The Labute approximate surface area is 179 Å². The average Bonchev–Trinajstić information content (AvgIpc) is 2.71. The number of hydrogen-bond donors (Lipinski definition) is 2. The SMILES string of the molecule is CCCCn1c(N)c(N(CCOC)C(=O)[C@@H](C)Oc2ccc(Cl)cc2)c(=O)[nH]c1=O. The normalized spacial score (nSPS) is 11.9. The molecule has 0 fully saturated rings. The lowest BCUT2D eigenvalue weighted by Crippen LogP contribution is -2.47. The van der Waals surface area contributed by atoms with E-state index in [1.54, 1.807) is 31.2 Å². The molecule has 0 radical (unpaired) electrons. The van der Waals surface area contributed by atoms with Crippen molar-refractivity contribution >= 4 is 29.0 Å². The molecule has 0 aliphatic rings. The molecule has 2 aromatic rings. The van der Waals surface area contributed by atoms with Gasteiger partial charge in [-0.15, -0.1) is 0 Å². The molecule has 2 rings (SSSR count). The molecule has 9 nitrogen and oxygen atoms in total. The molecule has 0 bridgehead atoms. The number of H-pyrrole nitrogens is 1. The molecule has 3 N–H and O–H groups in total. The standard InChI is InChI=1S/C20H27ClN4O5/c1-4-5-10-25-17(22)16(18(26)23-20(25)28)24(11-12-29-3)19(27)13(2)30-15-8-6-14(21)7-9-15/h6-9,13H,4-5,10-12,22H2,1-3H3,(H,23,26,28)/t13-/m1/s1. The molecule has 1 amide bonds. The van der Waals surface area contributed by atoms with E-state index in [-0.39, 0.29) is 24.7 Å². The van der Waals surface area contributed by atoms with Crippen molar-refractivity contribution in [2.75, 3.05) is 30.9 Å². The minimum Gasteiger partial charge on any atom is -0.481 e. The van der Waals surface area contributed by atoms with Crippen molar-refractivity contribution in [1.29, 1.82) is 0 Å². The van der Waals surface area contributed by atoms with Gasteiger partial charge in [0.05, 0.1) is 6.61 Å². The number of benzene rings is 1. The van der Waals surface area contributed by atoms with E-state index in [4.69, 9.17) is 26.8 Å². The largest absolute Gasteiger partial charge is 0.481 e. The lowest BCUT2D eigenvalue weighted by Gasteiger charge is -2.27.